The molecule has 2 aromatic carbocycles. The van der Waals surface area contributed by atoms with Crippen molar-refractivity contribution in [1.29, 1.82) is 0 Å². The zero-order valence-corrected chi connectivity index (χ0v) is 13.5. The third-order valence-electron chi connectivity index (χ3n) is 3.40. The number of aromatic nitrogens is 1. The molecule has 0 fully saturated rings. The summed E-state index contributed by atoms with van der Waals surface area (Å²) in [7, 11) is 0. The van der Waals surface area contributed by atoms with Crippen molar-refractivity contribution in [2.24, 2.45) is 0 Å². The smallest absolute Gasteiger partial charge is 0.0899 e. The minimum absolute atomic E-state index is 0.465. The van der Waals surface area contributed by atoms with Crippen LogP contribution in [0.4, 0.5) is 0 Å². The van der Waals surface area contributed by atoms with Gasteiger partial charge in [0, 0.05) is 16.3 Å². The molecule has 0 spiro atoms. The Morgan fingerprint density at radius 2 is 1.86 bits per heavy atom. The lowest BCUT2D eigenvalue weighted by atomic mass is 10.0. The standard InChI is InChI=1S/C17H13BrClNO/c18-10-16(21)13-9-15(11-5-2-1-3-6-11)20-17-12(13)7-4-8-14(17)19/h1-9,16,21H,10H2/t16-/m0/s1. The van der Waals surface area contributed by atoms with Gasteiger partial charge >= 0.3 is 0 Å². The number of aliphatic hydroxyl groups is 1. The van der Waals surface area contributed by atoms with E-state index < -0.39 is 6.10 Å². The van der Waals surface area contributed by atoms with Crippen molar-refractivity contribution in [1.82, 2.24) is 4.98 Å². The number of rotatable bonds is 3. The van der Waals surface area contributed by atoms with E-state index >= 15 is 0 Å². The lowest BCUT2D eigenvalue weighted by Gasteiger charge is -2.14. The van der Waals surface area contributed by atoms with E-state index in [4.69, 9.17) is 11.6 Å². The molecule has 0 saturated heterocycles. The van der Waals surface area contributed by atoms with E-state index in [1.54, 1.807) is 0 Å². The predicted molar refractivity (Wildman–Crippen MR) is 90.9 cm³/mol. The molecule has 2 nitrogen and oxygen atoms in total. The van der Waals surface area contributed by atoms with Crippen molar-refractivity contribution >= 4 is 38.4 Å². The van der Waals surface area contributed by atoms with Gasteiger partial charge in [-0.3, -0.25) is 0 Å². The monoisotopic (exact) mass is 361 g/mol. The summed E-state index contributed by atoms with van der Waals surface area (Å²) in [5.74, 6) is 0. The topological polar surface area (TPSA) is 33.1 Å². The highest BCUT2D eigenvalue weighted by atomic mass is 79.9. The predicted octanol–water partition coefficient (Wildman–Crippen LogP) is 4.98. The summed E-state index contributed by atoms with van der Waals surface area (Å²) in [5.41, 5.74) is 3.36. The number of hydrogen-bond donors (Lipinski definition) is 1. The van der Waals surface area contributed by atoms with Crippen LogP contribution in [-0.4, -0.2) is 15.4 Å². The number of alkyl halides is 1. The summed E-state index contributed by atoms with van der Waals surface area (Å²) in [6, 6.07) is 17.4. The first-order valence-corrected chi connectivity index (χ1v) is 8.09. The molecule has 0 amide bonds. The van der Waals surface area contributed by atoms with Crippen molar-refractivity contribution in [3.05, 3.63) is 65.2 Å². The van der Waals surface area contributed by atoms with Gasteiger partial charge in [0.25, 0.3) is 0 Å². The van der Waals surface area contributed by atoms with E-state index in [1.807, 2.05) is 54.6 Å². The Hall–Kier alpha value is -1.42. The number of pyridine rings is 1. The van der Waals surface area contributed by atoms with E-state index in [2.05, 4.69) is 20.9 Å². The van der Waals surface area contributed by atoms with Gasteiger partial charge in [0.15, 0.2) is 0 Å². The highest BCUT2D eigenvalue weighted by Crippen LogP contribution is 2.32. The van der Waals surface area contributed by atoms with Crippen LogP contribution in [-0.2, 0) is 0 Å². The van der Waals surface area contributed by atoms with Crippen LogP contribution in [0.1, 0.15) is 11.7 Å². The highest BCUT2D eigenvalue weighted by molar-refractivity contribution is 9.09. The number of fused-ring (bicyclic) bond motifs is 1. The fraction of sp³-hybridized carbons (Fsp3) is 0.118. The number of para-hydroxylation sites is 1. The molecule has 0 radical (unpaired) electrons. The summed E-state index contributed by atoms with van der Waals surface area (Å²) in [4.78, 5) is 4.66. The molecule has 1 N–H and O–H groups in total. The average Bonchev–Trinajstić information content (AvgIpc) is 2.54. The number of nitrogens with zero attached hydrogens (tertiary/aromatic N) is 1. The fourth-order valence-corrected chi connectivity index (χ4v) is 2.92. The van der Waals surface area contributed by atoms with Crippen LogP contribution in [0.25, 0.3) is 22.2 Å². The van der Waals surface area contributed by atoms with E-state index in [0.717, 1.165) is 27.7 Å². The first-order chi connectivity index (χ1) is 10.2. The lowest BCUT2D eigenvalue weighted by Crippen LogP contribution is -2.01. The Morgan fingerprint density at radius 1 is 1.10 bits per heavy atom. The van der Waals surface area contributed by atoms with Crippen molar-refractivity contribution in [2.75, 3.05) is 5.33 Å². The van der Waals surface area contributed by atoms with E-state index in [-0.39, 0.29) is 0 Å². The maximum Gasteiger partial charge on any atom is 0.0899 e. The number of benzene rings is 2. The molecule has 106 valence electrons. The molecule has 0 unspecified atom stereocenters. The summed E-state index contributed by atoms with van der Waals surface area (Å²) in [6.45, 7) is 0. The lowest BCUT2D eigenvalue weighted by molar-refractivity contribution is 0.207. The number of halogens is 2. The third kappa shape index (κ3) is 2.82. The highest BCUT2D eigenvalue weighted by Gasteiger charge is 2.15. The van der Waals surface area contributed by atoms with Gasteiger partial charge in [0.2, 0.25) is 0 Å². The number of aliphatic hydroxyl groups excluding tert-OH is 1. The largest absolute Gasteiger partial charge is 0.388 e. The molecule has 21 heavy (non-hydrogen) atoms. The second kappa shape index (κ2) is 6.14. The molecular weight excluding hydrogens is 350 g/mol. The maximum absolute atomic E-state index is 10.3. The molecule has 0 saturated carbocycles. The normalized spacial score (nSPS) is 12.5. The van der Waals surface area contributed by atoms with Crippen LogP contribution in [0.2, 0.25) is 5.02 Å². The molecule has 0 aliphatic carbocycles. The quantitative estimate of drug-likeness (QED) is 0.666. The van der Waals surface area contributed by atoms with E-state index in [0.29, 0.717) is 10.4 Å². The van der Waals surface area contributed by atoms with Gasteiger partial charge in [0.05, 0.1) is 22.3 Å². The van der Waals surface area contributed by atoms with Crippen molar-refractivity contribution in [3.8, 4) is 11.3 Å². The van der Waals surface area contributed by atoms with Gasteiger partial charge in [-0.25, -0.2) is 4.98 Å². The Morgan fingerprint density at radius 3 is 2.57 bits per heavy atom. The van der Waals surface area contributed by atoms with E-state index in [1.165, 1.54) is 0 Å². The van der Waals surface area contributed by atoms with Gasteiger partial charge in [-0.05, 0) is 17.7 Å². The number of hydrogen-bond acceptors (Lipinski definition) is 2. The zero-order chi connectivity index (χ0) is 14.8. The molecule has 0 bridgehead atoms. The molecule has 4 heteroatoms. The minimum Gasteiger partial charge on any atom is -0.388 e. The average molecular weight is 363 g/mol. The second-order valence-electron chi connectivity index (χ2n) is 4.77. The summed E-state index contributed by atoms with van der Waals surface area (Å²) in [6.07, 6.45) is -0.601. The van der Waals surface area contributed by atoms with Gasteiger partial charge in [-0.1, -0.05) is 70.0 Å². The van der Waals surface area contributed by atoms with Crippen LogP contribution in [0.3, 0.4) is 0 Å². The maximum atomic E-state index is 10.3. The molecular formula is C17H13BrClNO. The molecule has 1 aromatic heterocycles. The first kappa shape index (κ1) is 14.5. The minimum atomic E-state index is -0.601. The van der Waals surface area contributed by atoms with Crippen molar-refractivity contribution in [3.63, 3.8) is 0 Å². The van der Waals surface area contributed by atoms with E-state index in [9.17, 15) is 5.11 Å². The first-order valence-electron chi connectivity index (χ1n) is 6.59. The van der Waals surface area contributed by atoms with Crippen LogP contribution in [0, 0.1) is 0 Å². The third-order valence-corrected chi connectivity index (χ3v) is 4.32. The summed E-state index contributed by atoms with van der Waals surface area (Å²) >= 11 is 9.61. The Bertz CT molecular complexity index is 776. The van der Waals surface area contributed by atoms with Crippen molar-refractivity contribution in [2.45, 2.75) is 6.10 Å². The van der Waals surface area contributed by atoms with Gasteiger partial charge in [-0.15, -0.1) is 0 Å². The van der Waals surface area contributed by atoms with Crippen molar-refractivity contribution < 1.29 is 5.11 Å². The Labute approximate surface area is 136 Å². The molecule has 1 atom stereocenters. The van der Waals surface area contributed by atoms with Crippen LogP contribution in [0.15, 0.2) is 54.6 Å². The van der Waals surface area contributed by atoms with Gasteiger partial charge in [-0.2, -0.15) is 0 Å². The SMILES string of the molecule is O[C@@H](CBr)c1cc(-c2ccccc2)nc2c(Cl)cccc12. The molecule has 0 aliphatic rings. The van der Waals surface area contributed by atoms with Crippen LogP contribution in [0.5, 0.6) is 0 Å². The Kier molecular flexibility index (Phi) is 4.24. The summed E-state index contributed by atoms with van der Waals surface area (Å²) in [5, 5.41) is 12.2. The second-order valence-corrected chi connectivity index (χ2v) is 5.82. The molecule has 3 rings (SSSR count). The van der Waals surface area contributed by atoms with Crippen LogP contribution >= 0.6 is 27.5 Å². The van der Waals surface area contributed by atoms with Gasteiger partial charge < -0.3 is 5.11 Å². The Balaban J connectivity index is 2.31. The summed E-state index contributed by atoms with van der Waals surface area (Å²) < 4.78 is 0. The fourth-order valence-electron chi connectivity index (χ4n) is 2.36. The molecule has 3 aromatic rings. The van der Waals surface area contributed by atoms with Gasteiger partial charge in [0.1, 0.15) is 0 Å². The molecule has 1 heterocycles. The molecule has 0 aliphatic heterocycles. The zero-order valence-electron chi connectivity index (χ0n) is 11.1. The van der Waals surface area contributed by atoms with Crippen LogP contribution < -0.4 is 0 Å².